The molecule has 0 aliphatic carbocycles. The Labute approximate surface area is 144 Å². The van der Waals surface area contributed by atoms with Gasteiger partial charge in [-0.25, -0.2) is 9.97 Å². The van der Waals surface area contributed by atoms with Crippen LogP contribution in [0.5, 0.6) is 5.88 Å². The summed E-state index contributed by atoms with van der Waals surface area (Å²) < 4.78 is 5.12. The van der Waals surface area contributed by atoms with Gasteiger partial charge in [-0.3, -0.25) is 14.6 Å². The van der Waals surface area contributed by atoms with Crippen LogP contribution in [0.1, 0.15) is 12.8 Å². The first-order valence-electron chi connectivity index (χ1n) is 7.55. The van der Waals surface area contributed by atoms with Crippen molar-refractivity contribution < 1.29 is 9.53 Å². The minimum absolute atomic E-state index is 0.103. The van der Waals surface area contributed by atoms with E-state index in [0.717, 1.165) is 6.42 Å². The molecule has 1 unspecified atom stereocenters. The lowest BCUT2D eigenvalue weighted by Gasteiger charge is -2.22. The summed E-state index contributed by atoms with van der Waals surface area (Å²) in [5, 5.41) is 11.6. The van der Waals surface area contributed by atoms with Gasteiger partial charge in [-0.15, -0.1) is 11.3 Å². The van der Waals surface area contributed by atoms with Gasteiger partial charge in [-0.2, -0.15) is 5.26 Å². The zero-order valence-electron chi connectivity index (χ0n) is 13.5. The average molecular weight is 343 g/mol. The van der Waals surface area contributed by atoms with Crippen LogP contribution in [-0.4, -0.2) is 47.5 Å². The van der Waals surface area contributed by atoms with Crippen molar-refractivity contribution >= 4 is 22.4 Å². The first kappa shape index (κ1) is 16.2. The Morgan fingerprint density at radius 2 is 2.29 bits per heavy atom. The van der Waals surface area contributed by atoms with Gasteiger partial charge in [0.15, 0.2) is 11.3 Å². The smallest absolute Gasteiger partial charge is 0.251 e. The summed E-state index contributed by atoms with van der Waals surface area (Å²) in [5.74, 6) is 0.413. The van der Waals surface area contributed by atoms with Crippen molar-refractivity contribution in [1.29, 1.82) is 5.26 Å². The molecule has 0 radical (unpaired) electrons. The SMILES string of the molecule is COc1cccc(-c2csc(N(C)C(=O)C3CCCN3C#N)n2)n1. The van der Waals surface area contributed by atoms with Gasteiger partial charge in [0.25, 0.3) is 5.91 Å². The van der Waals surface area contributed by atoms with E-state index in [1.807, 2.05) is 17.5 Å². The molecule has 1 aliphatic heterocycles. The van der Waals surface area contributed by atoms with E-state index in [-0.39, 0.29) is 11.9 Å². The third kappa shape index (κ3) is 3.03. The Balaban J connectivity index is 1.79. The Hall–Kier alpha value is -2.66. The molecule has 1 fully saturated rings. The van der Waals surface area contributed by atoms with Crippen LogP contribution in [0.25, 0.3) is 11.4 Å². The standard InChI is InChI=1S/C16H17N5O2S/c1-20(15(22)13-6-4-8-21(13)10-17)16-19-12(9-24-16)11-5-3-7-14(18-11)23-2/h3,5,7,9,13H,4,6,8H2,1-2H3. The zero-order chi connectivity index (χ0) is 17.1. The molecule has 2 aromatic heterocycles. The lowest BCUT2D eigenvalue weighted by Crippen LogP contribution is -2.42. The van der Waals surface area contributed by atoms with Crippen LogP contribution in [0.4, 0.5) is 5.13 Å². The quantitative estimate of drug-likeness (QED) is 0.791. The summed E-state index contributed by atoms with van der Waals surface area (Å²) in [7, 11) is 3.26. The molecular weight excluding hydrogens is 326 g/mol. The largest absolute Gasteiger partial charge is 0.481 e. The van der Waals surface area contributed by atoms with Crippen LogP contribution in [0.2, 0.25) is 0 Å². The maximum absolute atomic E-state index is 12.6. The third-order valence-electron chi connectivity index (χ3n) is 3.97. The molecule has 1 aliphatic rings. The van der Waals surface area contributed by atoms with Crippen LogP contribution >= 0.6 is 11.3 Å². The molecule has 0 saturated carbocycles. The predicted molar refractivity (Wildman–Crippen MR) is 90.6 cm³/mol. The van der Waals surface area contributed by atoms with Crippen LogP contribution < -0.4 is 9.64 Å². The van der Waals surface area contributed by atoms with E-state index in [2.05, 4.69) is 16.2 Å². The van der Waals surface area contributed by atoms with Gasteiger partial charge in [0.2, 0.25) is 5.88 Å². The summed E-state index contributed by atoms with van der Waals surface area (Å²) in [6.07, 6.45) is 3.65. The summed E-state index contributed by atoms with van der Waals surface area (Å²) in [6.45, 7) is 0.637. The first-order valence-corrected chi connectivity index (χ1v) is 8.43. The molecule has 124 valence electrons. The zero-order valence-corrected chi connectivity index (χ0v) is 14.3. The fourth-order valence-corrected chi connectivity index (χ4v) is 3.46. The molecule has 24 heavy (non-hydrogen) atoms. The molecule has 8 heteroatoms. The van der Waals surface area contributed by atoms with E-state index in [0.29, 0.717) is 35.4 Å². The number of nitrogens with zero attached hydrogens (tertiary/aromatic N) is 5. The monoisotopic (exact) mass is 343 g/mol. The molecule has 2 aromatic rings. The lowest BCUT2D eigenvalue weighted by molar-refractivity contribution is -0.121. The Morgan fingerprint density at radius 1 is 1.46 bits per heavy atom. The second-order valence-electron chi connectivity index (χ2n) is 5.43. The molecule has 0 aromatic carbocycles. The molecule has 7 nitrogen and oxygen atoms in total. The van der Waals surface area contributed by atoms with Crippen molar-refractivity contribution in [3.05, 3.63) is 23.6 Å². The number of carbonyl (C=O) groups is 1. The second kappa shape index (κ2) is 6.84. The van der Waals surface area contributed by atoms with E-state index in [9.17, 15) is 4.79 Å². The number of nitriles is 1. The van der Waals surface area contributed by atoms with Crippen molar-refractivity contribution in [3.8, 4) is 23.5 Å². The number of amides is 1. The average Bonchev–Trinajstić information content (AvgIpc) is 3.29. The van der Waals surface area contributed by atoms with Gasteiger partial charge in [-0.1, -0.05) is 6.07 Å². The number of carbonyl (C=O) groups excluding carboxylic acids is 1. The van der Waals surface area contributed by atoms with Gasteiger partial charge in [0, 0.05) is 25.0 Å². The van der Waals surface area contributed by atoms with Crippen LogP contribution in [0.15, 0.2) is 23.6 Å². The van der Waals surface area contributed by atoms with E-state index in [1.54, 1.807) is 20.2 Å². The van der Waals surface area contributed by atoms with E-state index < -0.39 is 0 Å². The van der Waals surface area contributed by atoms with E-state index >= 15 is 0 Å². The molecule has 3 heterocycles. The Kier molecular flexibility index (Phi) is 4.62. The minimum Gasteiger partial charge on any atom is -0.481 e. The topological polar surface area (TPSA) is 82.4 Å². The van der Waals surface area contributed by atoms with Crippen LogP contribution in [0, 0.1) is 11.5 Å². The molecule has 0 bridgehead atoms. The molecule has 1 amide bonds. The maximum atomic E-state index is 12.6. The van der Waals surface area contributed by atoms with Crippen LogP contribution in [-0.2, 0) is 4.79 Å². The highest BCUT2D eigenvalue weighted by Crippen LogP contribution is 2.28. The summed E-state index contributed by atoms with van der Waals surface area (Å²) in [5.41, 5.74) is 1.38. The number of methoxy groups -OCH3 is 1. The molecule has 3 rings (SSSR count). The number of aromatic nitrogens is 2. The predicted octanol–water partition coefficient (Wildman–Crippen LogP) is 2.12. The number of rotatable bonds is 4. The van der Waals surface area contributed by atoms with Gasteiger partial charge >= 0.3 is 0 Å². The summed E-state index contributed by atoms with van der Waals surface area (Å²) in [6, 6.07) is 5.07. The van der Waals surface area contributed by atoms with Gasteiger partial charge in [-0.05, 0) is 18.9 Å². The number of hydrogen-bond acceptors (Lipinski definition) is 7. The highest BCUT2D eigenvalue weighted by atomic mass is 32.1. The van der Waals surface area contributed by atoms with Gasteiger partial charge in [0.1, 0.15) is 11.7 Å². The number of pyridine rings is 1. The van der Waals surface area contributed by atoms with E-state index in [1.165, 1.54) is 21.1 Å². The third-order valence-corrected chi connectivity index (χ3v) is 4.89. The molecule has 0 N–H and O–H groups in total. The Morgan fingerprint density at radius 3 is 3.04 bits per heavy atom. The Bertz CT molecular complexity index is 785. The van der Waals surface area contributed by atoms with Crippen molar-refractivity contribution in [1.82, 2.24) is 14.9 Å². The molecular formula is C16H17N5O2S. The van der Waals surface area contributed by atoms with Crippen molar-refractivity contribution in [2.75, 3.05) is 25.6 Å². The fourth-order valence-electron chi connectivity index (χ4n) is 2.67. The van der Waals surface area contributed by atoms with Crippen molar-refractivity contribution in [2.24, 2.45) is 0 Å². The number of likely N-dealkylation sites (N-methyl/N-ethyl adjacent to an activating group) is 1. The number of thiazole rings is 1. The number of anilines is 1. The maximum Gasteiger partial charge on any atom is 0.251 e. The van der Waals surface area contributed by atoms with Crippen molar-refractivity contribution in [3.63, 3.8) is 0 Å². The first-order chi connectivity index (χ1) is 11.6. The normalized spacial score (nSPS) is 16.7. The minimum atomic E-state index is -0.387. The fraction of sp³-hybridized carbons (Fsp3) is 0.375. The van der Waals surface area contributed by atoms with Gasteiger partial charge < -0.3 is 4.74 Å². The second-order valence-corrected chi connectivity index (χ2v) is 6.27. The highest BCUT2D eigenvalue weighted by molar-refractivity contribution is 7.14. The number of likely N-dealkylation sites (tertiary alicyclic amines) is 1. The number of ether oxygens (including phenoxy) is 1. The van der Waals surface area contributed by atoms with Crippen molar-refractivity contribution in [2.45, 2.75) is 18.9 Å². The summed E-state index contributed by atoms with van der Waals surface area (Å²) >= 11 is 1.37. The van der Waals surface area contributed by atoms with E-state index in [4.69, 9.17) is 10.00 Å². The lowest BCUT2D eigenvalue weighted by atomic mass is 10.2. The number of hydrogen-bond donors (Lipinski definition) is 0. The highest BCUT2D eigenvalue weighted by Gasteiger charge is 2.33. The summed E-state index contributed by atoms with van der Waals surface area (Å²) in [4.78, 5) is 24.5. The van der Waals surface area contributed by atoms with Crippen LogP contribution in [0.3, 0.4) is 0 Å². The van der Waals surface area contributed by atoms with Gasteiger partial charge in [0.05, 0.1) is 12.8 Å². The molecule has 1 saturated heterocycles. The molecule has 0 spiro atoms. The molecule has 1 atom stereocenters.